The SMILES string of the molecule is Cc1ccc(N)c(-c2c3nc(c(-c4cc(C)ccc4N)c4ccc([nH]4)c(-c4cc(C)ccc4N)c4nc(c(-c5cc(C)ccc5N)c5ccc2[nH]5)C=C4)C=C3)c1. The highest BCUT2D eigenvalue weighted by atomic mass is 14.8. The first-order chi connectivity index (χ1) is 27.0. The molecule has 7 aromatic rings. The molecule has 9 rings (SSSR count). The van der Waals surface area contributed by atoms with Crippen LogP contribution in [-0.4, -0.2) is 19.9 Å². The molecule has 2 aliphatic heterocycles. The van der Waals surface area contributed by atoms with Crippen LogP contribution in [0.5, 0.6) is 0 Å². The monoisotopic (exact) mass is 730 g/mol. The Balaban J connectivity index is 1.52. The summed E-state index contributed by atoms with van der Waals surface area (Å²) in [4.78, 5) is 18.3. The maximum absolute atomic E-state index is 6.78. The van der Waals surface area contributed by atoms with Gasteiger partial charge in [0.25, 0.3) is 0 Å². The number of H-pyrrole nitrogens is 2. The van der Waals surface area contributed by atoms with Crippen LogP contribution in [0.2, 0.25) is 0 Å². The molecule has 56 heavy (non-hydrogen) atoms. The molecule has 0 saturated carbocycles. The lowest BCUT2D eigenvalue weighted by Crippen LogP contribution is -1.96. The fourth-order valence-corrected chi connectivity index (χ4v) is 7.89. The predicted molar refractivity (Wildman–Crippen MR) is 237 cm³/mol. The predicted octanol–water partition coefficient (Wildman–Crippen LogP) is 10.9. The molecule has 5 heterocycles. The van der Waals surface area contributed by atoms with Gasteiger partial charge in [-0.2, -0.15) is 0 Å². The first kappa shape index (κ1) is 34.4. The smallest absolute Gasteiger partial charge is 0.0738 e. The van der Waals surface area contributed by atoms with Crippen molar-refractivity contribution in [2.24, 2.45) is 0 Å². The highest BCUT2D eigenvalue weighted by Crippen LogP contribution is 2.42. The molecule has 8 nitrogen and oxygen atoms in total. The van der Waals surface area contributed by atoms with Gasteiger partial charge in [0.15, 0.2) is 0 Å². The summed E-state index contributed by atoms with van der Waals surface area (Å²) in [5, 5.41) is 0. The van der Waals surface area contributed by atoms with Crippen molar-refractivity contribution in [1.82, 2.24) is 19.9 Å². The number of aromatic amines is 2. The van der Waals surface area contributed by atoms with Crippen molar-refractivity contribution in [1.29, 1.82) is 0 Å². The number of nitrogens with two attached hydrogens (primary N) is 4. The van der Waals surface area contributed by atoms with Crippen molar-refractivity contribution >= 4 is 69.1 Å². The van der Waals surface area contributed by atoms with Crippen LogP contribution in [0.15, 0.2) is 97.1 Å². The summed E-state index contributed by atoms with van der Waals surface area (Å²) in [6.07, 6.45) is 8.22. The minimum absolute atomic E-state index is 0.648. The Bertz CT molecular complexity index is 2620. The van der Waals surface area contributed by atoms with E-state index in [1.165, 1.54) is 0 Å². The van der Waals surface area contributed by atoms with Crippen molar-refractivity contribution in [3.8, 4) is 44.5 Å². The van der Waals surface area contributed by atoms with Crippen molar-refractivity contribution in [2.75, 3.05) is 22.9 Å². The van der Waals surface area contributed by atoms with Crippen molar-refractivity contribution in [3.05, 3.63) is 142 Å². The van der Waals surface area contributed by atoms with Gasteiger partial charge in [0.05, 0.1) is 22.8 Å². The van der Waals surface area contributed by atoms with E-state index in [1.54, 1.807) is 0 Å². The number of nitrogen functional groups attached to an aromatic ring is 4. The van der Waals surface area contributed by atoms with Gasteiger partial charge in [-0.3, -0.25) is 0 Å². The zero-order chi connectivity index (χ0) is 38.8. The van der Waals surface area contributed by atoms with Gasteiger partial charge in [0.1, 0.15) is 0 Å². The van der Waals surface area contributed by atoms with Crippen LogP contribution >= 0.6 is 0 Å². The van der Waals surface area contributed by atoms with E-state index in [9.17, 15) is 0 Å². The first-order valence-electron chi connectivity index (χ1n) is 18.6. The molecule has 0 saturated heterocycles. The minimum Gasteiger partial charge on any atom is -0.398 e. The van der Waals surface area contributed by atoms with Crippen LogP contribution in [0.25, 0.3) is 90.9 Å². The van der Waals surface area contributed by atoms with Crippen LogP contribution in [0.3, 0.4) is 0 Å². The van der Waals surface area contributed by atoms with E-state index in [1.807, 2.05) is 48.5 Å². The Labute approximate surface area is 325 Å². The number of aryl methyl sites for hydroxylation is 4. The molecule has 274 valence electrons. The third-order valence-electron chi connectivity index (χ3n) is 10.7. The Kier molecular flexibility index (Phi) is 8.13. The molecule has 0 fully saturated rings. The lowest BCUT2D eigenvalue weighted by atomic mass is 9.99. The quantitative estimate of drug-likeness (QED) is 0.0988. The Hall–Kier alpha value is -7.32. The molecule has 8 bridgehead atoms. The molecular formula is C48H42N8. The number of nitrogens with zero attached hydrogens (tertiary/aromatic N) is 2. The lowest BCUT2D eigenvalue weighted by Gasteiger charge is -2.11. The first-order valence-corrected chi connectivity index (χ1v) is 18.6. The van der Waals surface area contributed by atoms with E-state index in [0.717, 1.165) is 112 Å². The van der Waals surface area contributed by atoms with E-state index >= 15 is 0 Å². The van der Waals surface area contributed by atoms with Gasteiger partial charge < -0.3 is 32.9 Å². The maximum atomic E-state index is 6.78. The van der Waals surface area contributed by atoms with Gasteiger partial charge in [0, 0.05) is 89.3 Å². The van der Waals surface area contributed by atoms with E-state index < -0.39 is 0 Å². The zero-order valence-corrected chi connectivity index (χ0v) is 31.8. The van der Waals surface area contributed by atoms with E-state index in [-0.39, 0.29) is 0 Å². The summed E-state index contributed by atoms with van der Waals surface area (Å²) in [7, 11) is 0. The summed E-state index contributed by atoms with van der Waals surface area (Å²) in [6.45, 7) is 8.27. The van der Waals surface area contributed by atoms with Gasteiger partial charge >= 0.3 is 0 Å². The summed E-state index contributed by atoms with van der Waals surface area (Å²) in [5.41, 5.74) is 47.5. The topological polar surface area (TPSA) is 161 Å². The summed E-state index contributed by atoms with van der Waals surface area (Å²) in [6, 6.07) is 32.7. The standard InChI is InChI=1S/C48H42N8/c1-25-5-9-33(49)29(21-25)45-37-13-15-39(53-37)46(30-22-26(2)6-10-34(30)50)41-17-19-43(55-41)48(32-24-28(4)8-12-36(32)52)44-20-18-42(56-44)47(40-16-14-38(45)54-40)31-23-27(3)7-11-35(31)51/h5-24,53,56H,49-52H2,1-4H3. The molecule has 0 amide bonds. The number of fused-ring (bicyclic) bond motifs is 8. The molecular weight excluding hydrogens is 689 g/mol. The number of benzene rings is 4. The average Bonchev–Trinajstić information content (AvgIpc) is 4.01. The van der Waals surface area contributed by atoms with Crippen LogP contribution in [0, 0.1) is 27.7 Å². The average molecular weight is 731 g/mol. The highest BCUT2D eigenvalue weighted by molar-refractivity contribution is 6.03. The van der Waals surface area contributed by atoms with Crippen molar-refractivity contribution in [2.45, 2.75) is 27.7 Å². The van der Waals surface area contributed by atoms with E-state index in [2.05, 4.69) is 110 Å². The second kappa shape index (κ2) is 13.2. The van der Waals surface area contributed by atoms with E-state index in [4.69, 9.17) is 32.9 Å². The van der Waals surface area contributed by atoms with Crippen LogP contribution in [0.4, 0.5) is 22.7 Å². The van der Waals surface area contributed by atoms with Gasteiger partial charge in [-0.1, -0.05) is 46.5 Å². The molecule has 0 atom stereocenters. The maximum Gasteiger partial charge on any atom is 0.0738 e. The largest absolute Gasteiger partial charge is 0.398 e. The number of hydrogen-bond donors (Lipinski definition) is 6. The number of hydrogen-bond acceptors (Lipinski definition) is 6. The molecule has 0 spiro atoms. The van der Waals surface area contributed by atoms with Crippen LogP contribution in [0.1, 0.15) is 45.0 Å². The molecule has 0 aliphatic carbocycles. The molecule has 2 aliphatic rings. The summed E-state index contributed by atoms with van der Waals surface area (Å²) < 4.78 is 0. The van der Waals surface area contributed by atoms with Crippen molar-refractivity contribution in [3.63, 3.8) is 0 Å². The molecule has 8 heteroatoms. The van der Waals surface area contributed by atoms with Gasteiger partial charge in [0.2, 0.25) is 0 Å². The van der Waals surface area contributed by atoms with E-state index in [0.29, 0.717) is 22.7 Å². The second-order valence-corrected chi connectivity index (χ2v) is 14.9. The lowest BCUT2D eigenvalue weighted by molar-refractivity contribution is 1.31. The second-order valence-electron chi connectivity index (χ2n) is 14.9. The minimum atomic E-state index is 0.648. The molecule has 3 aromatic heterocycles. The normalized spacial score (nSPS) is 12.1. The third kappa shape index (κ3) is 5.88. The van der Waals surface area contributed by atoms with Gasteiger partial charge in [-0.25, -0.2) is 9.97 Å². The Morgan fingerprint density at radius 2 is 0.571 bits per heavy atom. The van der Waals surface area contributed by atoms with Crippen LogP contribution < -0.4 is 22.9 Å². The number of rotatable bonds is 4. The number of aromatic nitrogens is 4. The van der Waals surface area contributed by atoms with Crippen LogP contribution in [-0.2, 0) is 0 Å². The number of nitrogens with one attached hydrogen (secondary N) is 2. The Morgan fingerprint density at radius 1 is 0.339 bits per heavy atom. The fraction of sp³-hybridized carbons (Fsp3) is 0.0833. The third-order valence-corrected chi connectivity index (χ3v) is 10.7. The summed E-state index contributed by atoms with van der Waals surface area (Å²) >= 11 is 0. The highest BCUT2D eigenvalue weighted by Gasteiger charge is 2.21. The molecule has 0 unspecified atom stereocenters. The molecule has 10 N–H and O–H groups in total. The summed E-state index contributed by atoms with van der Waals surface area (Å²) in [5.74, 6) is 0. The Morgan fingerprint density at radius 3 is 0.804 bits per heavy atom. The zero-order valence-electron chi connectivity index (χ0n) is 31.8. The van der Waals surface area contributed by atoms with Gasteiger partial charge in [-0.05, 0) is 125 Å². The van der Waals surface area contributed by atoms with Crippen molar-refractivity contribution < 1.29 is 0 Å². The number of anilines is 4. The fourth-order valence-electron chi connectivity index (χ4n) is 7.89. The van der Waals surface area contributed by atoms with Gasteiger partial charge in [-0.15, -0.1) is 0 Å². The molecule has 0 radical (unpaired) electrons. The molecule has 4 aromatic carbocycles.